The van der Waals surface area contributed by atoms with Crippen LogP contribution in [0.1, 0.15) is 23.2 Å². The van der Waals surface area contributed by atoms with Crippen LogP contribution in [0.2, 0.25) is 0 Å². The quantitative estimate of drug-likeness (QED) is 0.577. The molecule has 1 heterocycles. The second kappa shape index (κ2) is 7.53. The van der Waals surface area contributed by atoms with Crippen molar-refractivity contribution in [3.8, 4) is 24.3 Å². The maximum Gasteiger partial charge on any atom is 0.269 e. The monoisotopic (exact) mass is 414 g/mol. The average Bonchev–Trinajstić information content (AvgIpc) is 3.09. The van der Waals surface area contributed by atoms with Crippen LogP contribution in [0.3, 0.4) is 0 Å². The number of nitrogens with two attached hydrogens (primary N) is 1. The molecule has 0 bridgehead atoms. The number of nitrogens with zero attached hydrogens (tertiary/aromatic N) is 6. The summed E-state index contributed by atoms with van der Waals surface area (Å²) in [6, 6.07) is 15.5. The maximum absolute atomic E-state index is 11.2. The smallest absolute Gasteiger partial charge is 0.269 e. The molecule has 2 N–H and O–H groups in total. The zero-order valence-electron chi connectivity index (χ0n) is 15.7. The number of hydrogen-bond acceptors (Lipinski definition) is 8. The molecule has 150 valence electrons. The van der Waals surface area contributed by atoms with Crippen molar-refractivity contribution in [3.05, 3.63) is 79.9 Å². The highest BCUT2D eigenvalue weighted by atomic mass is 16.6. The summed E-state index contributed by atoms with van der Waals surface area (Å²) in [5.41, 5.74) is -4.56. The van der Waals surface area contributed by atoms with E-state index in [0.717, 1.165) is 0 Å². The minimum Gasteiger partial charge on any atom is -0.329 e. The van der Waals surface area contributed by atoms with E-state index in [2.05, 4.69) is 0 Å². The molecule has 0 saturated carbocycles. The zero-order chi connectivity index (χ0) is 22.8. The standard InChI is InChI=1S/C20H11N7O4/c21-9-19(10-22)17(13-3-1-5-15(7-13)26(28)29)25-18(20(19,11-23)12-24)14-4-2-6-16(8-14)27(30)31/h1-8,17-18,25H/p+1/t17-,18-/m0/s1. The first-order valence-corrected chi connectivity index (χ1v) is 8.79. The number of non-ortho nitro benzene ring substituents is 2. The van der Waals surface area contributed by atoms with Crippen LogP contribution in [-0.4, -0.2) is 9.85 Å². The Morgan fingerprint density at radius 1 is 0.742 bits per heavy atom. The molecule has 0 unspecified atom stereocenters. The Morgan fingerprint density at radius 3 is 1.39 bits per heavy atom. The Hall–Kier alpha value is -4.84. The molecule has 1 saturated heterocycles. The summed E-state index contributed by atoms with van der Waals surface area (Å²) >= 11 is 0. The maximum atomic E-state index is 11.2. The molecule has 2 atom stereocenters. The molecule has 31 heavy (non-hydrogen) atoms. The normalized spacial score (nSPS) is 20.4. The largest absolute Gasteiger partial charge is 0.329 e. The Kier molecular flexibility index (Phi) is 5.07. The number of hydrogen-bond donors (Lipinski definition) is 1. The molecule has 0 aromatic heterocycles. The SMILES string of the molecule is N#CC1(C#N)[C@H](c2cccc([N+](=O)[O-])c2)[NH2+][C@@H](c2cccc([N+](=O)[O-])c2)C1(C#N)C#N. The van der Waals surface area contributed by atoms with Crippen LogP contribution < -0.4 is 5.32 Å². The topological polar surface area (TPSA) is 198 Å². The van der Waals surface area contributed by atoms with E-state index in [1.165, 1.54) is 53.8 Å². The van der Waals surface area contributed by atoms with Gasteiger partial charge in [0.25, 0.3) is 11.4 Å². The fraction of sp³-hybridized carbons (Fsp3) is 0.200. The van der Waals surface area contributed by atoms with Crippen molar-refractivity contribution in [1.29, 1.82) is 21.0 Å². The third-order valence-corrected chi connectivity index (χ3v) is 5.53. The van der Waals surface area contributed by atoms with Gasteiger partial charge < -0.3 is 5.32 Å². The van der Waals surface area contributed by atoms with Gasteiger partial charge in [0, 0.05) is 35.4 Å². The molecular weight excluding hydrogens is 402 g/mol. The van der Waals surface area contributed by atoms with Crippen molar-refractivity contribution < 1.29 is 15.2 Å². The molecule has 0 aliphatic carbocycles. The fourth-order valence-corrected chi connectivity index (χ4v) is 4.04. The van der Waals surface area contributed by atoms with Gasteiger partial charge in [0.1, 0.15) is 12.1 Å². The number of nitro benzene ring substituents is 2. The lowest BCUT2D eigenvalue weighted by Gasteiger charge is -2.25. The van der Waals surface area contributed by atoms with E-state index >= 15 is 0 Å². The first kappa shape index (κ1) is 20.9. The van der Waals surface area contributed by atoms with E-state index in [4.69, 9.17) is 0 Å². The molecule has 3 rings (SSSR count). The molecule has 2 aromatic rings. The van der Waals surface area contributed by atoms with Gasteiger partial charge in [0.2, 0.25) is 10.8 Å². The molecule has 11 heteroatoms. The second-order valence-electron chi connectivity index (χ2n) is 6.92. The van der Waals surface area contributed by atoms with E-state index in [0.29, 0.717) is 0 Å². The number of nitro groups is 2. The van der Waals surface area contributed by atoms with Crippen LogP contribution in [0.5, 0.6) is 0 Å². The molecule has 2 aromatic carbocycles. The Labute approximate surface area is 175 Å². The average molecular weight is 414 g/mol. The highest BCUT2D eigenvalue weighted by molar-refractivity contribution is 5.48. The van der Waals surface area contributed by atoms with Gasteiger partial charge in [-0.15, -0.1) is 0 Å². The lowest BCUT2D eigenvalue weighted by Crippen LogP contribution is -2.84. The third kappa shape index (κ3) is 2.90. The number of quaternary nitrogens is 1. The molecule has 0 radical (unpaired) electrons. The predicted molar refractivity (Wildman–Crippen MR) is 101 cm³/mol. The lowest BCUT2D eigenvalue weighted by molar-refractivity contribution is -0.720. The van der Waals surface area contributed by atoms with Gasteiger partial charge in [0.05, 0.1) is 34.1 Å². The van der Waals surface area contributed by atoms with Gasteiger partial charge >= 0.3 is 0 Å². The van der Waals surface area contributed by atoms with Crippen LogP contribution in [0, 0.1) is 76.4 Å². The molecule has 1 fully saturated rings. The molecule has 1 aliphatic heterocycles. The van der Waals surface area contributed by atoms with Crippen molar-refractivity contribution in [1.82, 2.24) is 0 Å². The summed E-state index contributed by atoms with van der Waals surface area (Å²) in [5.74, 6) is 0. The first-order chi connectivity index (χ1) is 14.8. The molecular formula is C20H12N7O4+. The first-order valence-electron chi connectivity index (χ1n) is 8.79. The highest BCUT2D eigenvalue weighted by Gasteiger charge is 2.73. The summed E-state index contributed by atoms with van der Waals surface area (Å²) in [5, 5.41) is 63.8. The fourth-order valence-electron chi connectivity index (χ4n) is 4.04. The summed E-state index contributed by atoms with van der Waals surface area (Å²) < 4.78 is 0. The minimum absolute atomic E-state index is 0.208. The highest BCUT2D eigenvalue weighted by Crippen LogP contribution is 2.56. The van der Waals surface area contributed by atoms with E-state index in [1.807, 2.05) is 24.3 Å². The van der Waals surface area contributed by atoms with Crippen molar-refractivity contribution in [2.45, 2.75) is 12.1 Å². The Bertz CT molecular complexity index is 1140. The molecule has 11 nitrogen and oxygen atoms in total. The van der Waals surface area contributed by atoms with Crippen LogP contribution in [0.25, 0.3) is 0 Å². The molecule has 1 aliphatic rings. The van der Waals surface area contributed by atoms with Gasteiger partial charge in [-0.3, -0.25) is 20.2 Å². The number of benzene rings is 2. The molecule has 0 amide bonds. The van der Waals surface area contributed by atoms with Gasteiger partial charge in [-0.1, -0.05) is 24.3 Å². The van der Waals surface area contributed by atoms with E-state index < -0.39 is 32.8 Å². The van der Waals surface area contributed by atoms with Gasteiger partial charge in [-0.2, -0.15) is 21.0 Å². The predicted octanol–water partition coefficient (Wildman–Crippen LogP) is 1.93. The van der Waals surface area contributed by atoms with Crippen molar-refractivity contribution in [2.75, 3.05) is 0 Å². The zero-order valence-corrected chi connectivity index (χ0v) is 15.7. The van der Waals surface area contributed by atoms with Crippen LogP contribution in [0.15, 0.2) is 48.5 Å². The summed E-state index contributed by atoms with van der Waals surface area (Å²) in [7, 11) is 0. The van der Waals surface area contributed by atoms with Crippen molar-refractivity contribution >= 4 is 11.4 Å². The van der Waals surface area contributed by atoms with Crippen LogP contribution in [-0.2, 0) is 0 Å². The van der Waals surface area contributed by atoms with E-state index in [9.17, 15) is 41.3 Å². The lowest BCUT2D eigenvalue weighted by atomic mass is 9.61. The van der Waals surface area contributed by atoms with Crippen molar-refractivity contribution in [3.63, 3.8) is 0 Å². The van der Waals surface area contributed by atoms with Crippen molar-refractivity contribution in [2.24, 2.45) is 10.8 Å². The number of nitriles is 4. The second-order valence-corrected chi connectivity index (χ2v) is 6.92. The minimum atomic E-state index is -2.21. The van der Waals surface area contributed by atoms with Gasteiger partial charge in [-0.25, -0.2) is 0 Å². The van der Waals surface area contributed by atoms with E-state index in [-0.39, 0.29) is 22.5 Å². The van der Waals surface area contributed by atoms with Gasteiger partial charge in [0.15, 0.2) is 0 Å². The summed E-state index contributed by atoms with van der Waals surface area (Å²) in [4.78, 5) is 21.1. The van der Waals surface area contributed by atoms with E-state index in [1.54, 1.807) is 0 Å². The summed E-state index contributed by atoms with van der Waals surface area (Å²) in [6.07, 6.45) is 0. The molecule has 0 spiro atoms. The third-order valence-electron chi connectivity index (χ3n) is 5.53. The number of rotatable bonds is 4. The Balaban J connectivity index is 2.29. The summed E-state index contributed by atoms with van der Waals surface area (Å²) in [6.45, 7) is 0. The van der Waals surface area contributed by atoms with Crippen LogP contribution >= 0.6 is 0 Å². The van der Waals surface area contributed by atoms with Gasteiger partial charge in [-0.05, 0) is 0 Å². The van der Waals surface area contributed by atoms with Crippen LogP contribution in [0.4, 0.5) is 11.4 Å². The Morgan fingerprint density at radius 2 is 1.10 bits per heavy atom.